The molecule has 0 aromatic carbocycles. The largest absolute Gasteiger partial charge is 0.240 e. The average molecular weight is 366 g/mol. The van der Waals surface area contributed by atoms with Gasteiger partial charge in [0.1, 0.15) is 8.52 Å². The fourth-order valence-electron chi connectivity index (χ4n) is 0.545. The van der Waals surface area contributed by atoms with Crippen LogP contribution in [0.4, 0.5) is 0 Å². The maximum Gasteiger partial charge on any atom is 0.223 e. The van der Waals surface area contributed by atoms with E-state index < -0.39 is 17.2 Å². The van der Waals surface area contributed by atoms with Crippen molar-refractivity contribution >= 4 is 83.4 Å². The molecule has 0 spiro atoms. The van der Waals surface area contributed by atoms with Crippen LogP contribution in [0, 0.1) is 0 Å². The Hall–Kier alpha value is 2.00. The highest BCUT2D eigenvalue weighted by Gasteiger charge is 2.48. The summed E-state index contributed by atoms with van der Waals surface area (Å²) < 4.78 is 6.29. The van der Waals surface area contributed by atoms with E-state index in [0.717, 1.165) is 0 Å². The maximum absolute atomic E-state index is 6.07. The maximum atomic E-state index is 6.07. The minimum absolute atomic E-state index is 0.0635. The molecule has 2 unspecified atom stereocenters. The first-order chi connectivity index (χ1) is 6.89. The summed E-state index contributed by atoms with van der Waals surface area (Å²) in [5.41, 5.74) is 0. The first kappa shape index (κ1) is 15.1. The van der Waals surface area contributed by atoms with Crippen LogP contribution in [0.15, 0.2) is 9.03 Å². The molecule has 0 saturated carbocycles. The van der Waals surface area contributed by atoms with Crippen LogP contribution >= 0.6 is 83.4 Å². The highest BCUT2D eigenvalue weighted by atomic mass is 35.6. The number of halogens is 5. The van der Waals surface area contributed by atoms with Crippen molar-refractivity contribution in [2.24, 2.45) is 9.03 Å². The number of hydrogen-bond acceptors (Lipinski definition) is 4. The van der Waals surface area contributed by atoms with Crippen LogP contribution in [0.2, 0.25) is 0 Å². The molecule has 2 atom stereocenters. The smallest absolute Gasteiger partial charge is 0.223 e. The van der Waals surface area contributed by atoms with Crippen molar-refractivity contribution in [3.63, 3.8) is 0 Å². The van der Waals surface area contributed by atoms with Gasteiger partial charge in [-0.25, -0.2) is 9.95 Å². The van der Waals surface area contributed by atoms with E-state index >= 15 is 0 Å². The van der Waals surface area contributed by atoms with Gasteiger partial charge in [0.15, 0.2) is 21.9 Å². The molecule has 0 saturated heterocycles. The van der Waals surface area contributed by atoms with E-state index in [0.29, 0.717) is 17.0 Å². The zero-order chi connectivity index (χ0) is 11.5. The second-order valence-electron chi connectivity index (χ2n) is 2.32. The molecule has 12 heteroatoms. The summed E-state index contributed by atoms with van der Waals surface area (Å²) in [5.74, 6) is -0.0635. The molecule has 4 nitrogen and oxygen atoms in total. The Balaban J connectivity index is 2.68. The molecule has 1 heterocycles. The molecule has 0 aromatic rings. The van der Waals surface area contributed by atoms with Crippen molar-refractivity contribution < 1.29 is 0 Å². The SMILES string of the molecule is ClCC(Cl)(NP1N=PN=PN1)C(Cl)(Cl)Cl. The molecule has 0 aromatic heterocycles. The summed E-state index contributed by atoms with van der Waals surface area (Å²) in [4.78, 5) is 1.59. The third-order valence-electron chi connectivity index (χ3n) is 1.27. The van der Waals surface area contributed by atoms with Crippen LogP contribution in [-0.2, 0) is 0 Å². The molecule has 1 rings (SSSR count). The summed E-state index contributed by atoms with van der Waals surface area (Å²) in [6, 6.07) is 0. The fourth-order valence-corrected chi connectivity index (χ4v) is 5.18. The lowest BCUT2D eigenvalue weighted by Gasteiger charge is -2.34. The molecular weight excluding hydrogens is 362 g/mol. The zero-order valence-corrected chi connectivity index (χ0v) is 13.3. The van der Waals surface area contributed by atoms with Crippen LogP contribution in [0.25, 0.3) is 0 Å². The normalized spacial score (nSPS) is 27.4. The second-order valence-corrected chi connectivity index (χ2v) is 8.98. The van der Waals surface area contributed by atoms with Crippen LogP contribution in [0.3, 0.4) is 0 Å². The van der Waals surface area contributed by atoms with Gasteiger partial charge < -0.3 is 0 Å². The van der Waals surface area contributed by atoms with E-state index in [1.807, 2.05) is 0 Å². The number of rotatable bonds is 3. The Bertz CT molecular complexity index is 281. The van der Waals surface area contributed by atoms with Gasteiger partial charge in [-0.2, -0.15) is 9.03 Å². The molecule has 15 heavy (non-hydrogen) atoms. The Kier molecular flexibility index (Phi) is 6.27. The van der Waals surface area contributed by atoms with Gasteiger partial charge in [0.2, 0.25) is 3.79 Å². The van der Waals surface area contributed by atoms with E-state index in [1.165, 1.54) is 0 Å². The lowest BCUT2D eigenvalue weighted by molar-refractivity contribution is 0.628. The van der Waals surface area contributed by atoms with Gasteiger partial charge in [0.25, 0.3) is 0 Å². The average Bonchev–Trinajstić information content (AvgIpc) is 2.17. The van der Waals surface area contributed by atoms with Crippen molar-refractivity contribution in [3.05, 3.63) is 0 Å². The van der Waals surface area contributed by atoms with Crippen molar-refractivity contribution in [2.45, 2.75) is 8.79 Å². The van der Waals surface area contributed by atoms with Crippen molar-refractivity contribution in [2.75, 3.05) is 5.88 Å². The summed E-state index contributed by atoms with van der Waals surface area (Å²) in [6.45, 7) is 0. The van der Waals surface area contributed by atoms with E-state index in [4.69, 9.17) is 58.0 Å². The monoisotopic (exact) mass is 364 g/mol. The van der Waals surface area contributed by atoms with Gasteiger partial charge in [-0.05, 0) is 0 Å². The minimum atomic E-state index is -1.72. The van der Waals surface area contributed by atoms with Gasteiger partial charge in [0, 0.05) is 0 Å². The summed E-state index contributed by atoms with van der Waals surface area (Å²) in [7, 11) is 0.239. The molecule has 0 bridgehead atoms. The predicted octanol–water partition coefficient (Wildman–Crippen LogP) is 5.04. The van der Waals surface area contributed by atoms with E-state index in [2.05, 4.69) is 19.0 Å². The number of hydrogen-bond donors (Lipinski definition) is 2. The first-order valence-corrected chi connectivity index (χ1v) is 8.34. The van der Waals surface area contributed by atoms with Gasteiger partial charge in [0.05, 0.1) is 5.88 Å². The van der Waals surface area contributed by atoms with Crippen LogP contribution in [-0.4, -0.2) is 14.7 Å². The van der Waals surface area contributed by atoms with Crippen molar-refractivity contribution in [3.8, 4) is 0 Å². The predicted molar refractivity (Wildman–Crippen MR) is 71.5 cm³/mol. The van der Waals surface area contributed by atoms with Crippen LogP contribution in [0.5, 0.6) is 0 Å². The fraction of sp³-hybridized carbons (Fsp3) is 1.00. The van der Waals surface area contributed by atoms with Crippen LogP contribution < -0.4 is 9.95 Å². The zero-order valence-electron chi connectivity index (χ0n) is 6.83. The molecule has 2 N–H and O–H groups in total. The van der Waals surface area contributed by atoms with E-state index in [9.17, 15) is 0 Å². The molecular formula is C3H4Cl5N4P3. The highest BCUT2D eigenvalue weighted by molar-refractivity contribution is 7.65. The van der Waals surface area contributed by atoms with Crippen LogP contribution in [0.1, 0.15) is 0 Å². The summed E-state index contributed by atoms with van der Waals surface area (Å²) in [6.07, 6.45) is 0. The van der Waals surface area contributed by atoms with E-state index in [-0.39, 0.29) is 5.88 Å². The lowest BCUT2D eigenvalue weighted by Crippen LogP contribution is -2.50. The Morgan fingerprint density at radius 1 is 1.33 bits per heavy atom. The molecule has 0 radical (unpaired) electrons. The molecule has 86 valence electrons. The van der Waals surface area contributed by atoms with Crippen molar-refractivity contribution in [1.29, 1.82) is 0 Å². The molecule has 0 amide bonds. The summed E-state index contributed by atoms with van der Waals surface area (Å²) in [5, 5.41) is 2.87. The van der Waals surface area contributed by atoms with E-state index in [1.54, 1.807) is 0 Å². The number of alkyl halides is 5. The number of nitrogens with one attached hydrogen (secondary N) is 2. The molecule has 0 aliphatic carbocycles. The van der Waals surface area contributed by atoms with Gasteiger partial charge >= 0.3 is 0 Å². The molecule has 1 aliphatic heterocycles. The molecule has 1 aliphatic rings. The lowest BCUT2D eigenvalue weighted by atomic mass is 10.4. The highest BCUT2D eigenvalue weighted by Crippen LogP contribution is 2.49. The van der Waals surface area contributed by atoms with Crippen molar-refractivity contribution in [1.82, 2.24) is 9.95 Å². The second kappa shape index (κ2) is 6.25. The van der Waals surface area contributed by atoms with Gasteiger partial charge in [-0.15, -0.1) is 11.6 Å². The minimum Gasteiger partial charge on any atom is -0.240 e. The van der Waals surface area contributed by atoms with Gasteiger partial charge in [-0.1, -0.05) is 46.4 Å². The third-order valence-corrected chi connectivity index (χ3v) is 7.13. The first-order valence-electron chi connectivity index (χ1n) is 3.35. The Morgan fingerprint density at radius 2 is 2.00 bits per heavy atom. The summed E-state index contributed by atoms with van der Waals surface area (Å²) >= 11 is 28.9. The standard InChI is InChI=1S/C3H4Cl5N4P3/c4-1-2(5,3(6,7)8)9-15-11-13-10-14-12-15/h9H,1H2,(H,10,11,12). The molecule has 0 fully saturated rings. The van der Waals surface area contributed by atoms with Gasteiger partial charge in [-0.3, -0.25) is 0 Å². The quantitative estimate of drug-likeness (QED) is 0.418. The Morgan fingerprint density at radius 3 is 2.40 bits per heavy atom. The number of nitrogens with zero attached hydrogens (tertiary/aromatic N) is 2. The third kappa shape index (κ3) is 4.30. The Labute approximate surface area is 116 Å². The topological polar surface area (TPSA) is 48.8 Å².